The normalized spacial score (nSPS) is 15.2. The van der Waals surface area contributed by atoms with E-state index in [2.05, 4.69) is 16.0 Å². The van der Waals surface area contributed by atoms with Crippen molar-refractivity contribution in [2.75, 3.05) is 43.2 Å². The molecule has 1 saturated heterocycles. The van der Waals surface area contributed by atoms with E-state index < -0.39 is 11.8 Å². The molecule has 0 aliphatic carbocycles. The smallest absolute Gasteiger partial charge is 0.354 e. The number of carboxylic acids is 1. The van der Waals surface area contributed by atoms with Gasteiger partial charge in [0.25, 0.3) is 5.56 Å². The number of rotatable bonds is 5. The lowest BCUT2D eigenvalue weighted by Crippen LogP contribution is -2.52. The topological polar surface area (TPSA) is 97.1 Å². The van der Waals surface area contributed by atoms with E-state index in [1.165, 1.54) is 24.4 Å². The first-order valence-corrected chi connectivity index (χ1v) is 12.6. The lowest BCUT2D eigenvalue weighted by molar-refractivity contribution is 0.0690. The number of aryl methyl sites for hydroxylation is 2. The summed E-state index contributed by atoms with van der Waals surface area (Å²) in [7, 11) is 3.46. The molecule has 0 atom stereocenters. The van der Waals surface area contributed by atoms with Crippen LogP contribution in [0.1, 0.15) is 16.1 Å². The fourth-order valence-corrected chi connectivity index (χ4v) is 5.28. The second-order valence-electron chi connectivity index (χ2n) is 9.89. The van der Waals surface area contributed by atoms with Crippen molar-refractivity contribution in [3.05, 3.63) is 76.1 Å². The van der Waals surface area contributed by atoms with Gasteiger partial charge in [-0.1, -0.05) is 6.07 Å². The first-order chi connectivity index (χ1) is 18.7. The summed E-state index contributed by atoms with van der Waals surface area (Å²) in [6.45, 7) is 4.14. The van der Waals surface area contributed by atoms with Crippen molar-refractivity contribution in [2.45, 2.75) is 13.0 Å². The molecule has 2 aromatic heterocycles. The highest BCUT2D eigenvalue weighted by atomic mass is 19.1. The number of benzene rings is 2. The van der Waals surface area contributed by atoms with E-state index in [9.17, 15) is 9.59 Å². The maximum absolute atomic E-state index is 15.6. The van der Waals surface area contributed by atoms with Crippen molar-refractivity contribution in [1.82, 2.24) is 9.55 Å². The Kier molecular flexibility index (Phi) is 5.99. The van der Waals surface area contributed by atoms with E-state index in [1.807, 2.05) is 17.0 Å². The summed E-state index contributed by atoms with van der Waals surface area (Å²) in [6, 6.07) is 11.9. The van der Waals surface area contributed by atoms with Crippen LogP contribution in [0.15, 0.2) is 53.5 Å². The molecule has 9 nitrogen and oxygen atoms in total. The predicted octanol–water partition coefficient (Wildman–Crippen LogP) is 4.11. The molecule has 10 heteroatoms. The largest absolute Gasteiger partial charge is 0.490 e. The fourth-order valence-electron chi connectivity index (χ4n) is 5.28. The van der Waals surface area contributed by atoms with Gasteiger partial charge in [0.1, 0.15) is 23.9 Å². The SMILES string of the molecule is COC1CN(c2cc(N3CCOc4cc(-c5ccc(C(=O)O)nc5)c(F)cc43)c3cc(C)c(=O)n(C)c3c2)C1. The van der Waals surface area contributed by atoms with Crippen molar-refractivity contribution in [3.8, 4) is 16.9 Å². The van der Waals surface area contributed by atoms with Gasteiger partial charge in [0.05, 0.1) is 29.5 Å². The molecule has 39 heavy (non-hydrogen) atoms. The van der Waals surface area contributed by atoms with E-state index >= 15 is 4.39 Å². The Hall–Kier alpha value is -4.44. The number of ether oxygens (including phenoxy) is 2. The minimum Gasteiger partial charge on any atom is -0.490 e. The van der Waals surface area contributed by atoms with Crippen LogP contribution in [0.3, 0.4) is 0 Å². The molecule has 2 aliphatic rings. The van der Waals surface area contributed by atoms with Gasteiger partial charge in [-0.05, 0) is 37.3 Å². The van der Waals surface area contributed by atoms with Crippen LogP contribution >= 0.6 is 0 Å². The highest BCUT2D eigenvalue weighted by molar-refractivity contribution is 5.98. The predicted molar refractivity (Wildman–Crippen MR) is 146 cm³/mol. The fraction of sp³-hybridized carbons (Fsp3) is 0.276. The van der Waals surface area contributed by atoms with Gasteiger partial charge >= 0.3 is 5.97 Å². The first-order valence-electron chi connectivity index (χ1n) is 12.6. The van der Waals surface area contributed by atoms with Gasteiger partial charge in [0.15, 0.2) is 0 Å². The van der Waals surface area contributed by atoms with E-state index in [4.69, 9.17) is 14.6 Å². The lowest BCUT2D eigenvalue weighted by Gasteiger charge is -2.41. The number of halogens is 1. The van der Waals surface area contributed by atoms with Gasteiger partial charge in [0.2, 0.25) is 0 Å². The molecular weight excluding hydrogens is 503 g/mol. The van der Waals surface area contributed by atoms with Gasteiger partial charge in [-0.3, -0.25) is 4.79 Å². The van der Waals surface area contributed by atoms with E-state index in [0.717, 1.165) is 35.4 Å². The molecule has 200 valence electrons. The third kappa shape index (κ3) is 4.17. The first kappa shape index (κ1) is 24.9. The van der Waals surface area contributed by atoms with Crippen LogP contribution in [0.2, 0.25) is 0 Å². The second kappa shape index (κ2) is 9.39. The van der Waals surface area contributed by atoms with Crippen LogP contribution in [0, 0.1) is 12.7 Å². The second-order valence-corrected chi connectivity index (χ2v) is 9.89. The molecule has 1 N–H and O–H groups in total. The Morgan fingerprint density at radius 3 is 2.64 bits per heavy atom. The summed E-state index contributed by atoms with van der Waals surface area (Å²) in [4.78, 5) is 32.1. The lowest BCUT2D eigenvalue weighted by atomic mass is 10.0. The van der Waals surface area contributed by atoms with Gasteiger partial charge in [-0.2, -0.15) is 0 Å². The van der Waals surface area contributed by atoms with E-state index in [0.29, 0.717) is 35.7 Å². The number of nitrogens with zero attached hydrogens (tertiary/aromatic N) is 4. The molecule has 0 radical (unpaired) electrons. The van der Waals surface area contributed by atoms with Crippen LogP contribution in [-0.4, -0.2) is 60.1 Å². The van der Waals surface area contributed by atoms with Crippen molar-refractivity contribution in [3.63, 3.8) is 0 Å². The van der Waals surface area contributed by atoms with Crippen LogP contribution in [0.25, 0.3) is 22.0 Å². The van der Waals surface area contributed by atoms with Crippen molar-refractivity contribution < 1.29 is 23.8 Å². The number of carboxylic acid groups (broad SMARTS) is 1. The molecule has 0 unspecified atom stereocenters. The average molecular weight is 531 g/mol. The van der Waals surface area contributed by atoms with Crippen LogP contribution in [0.4, 0.5) is 21.5 Å². The molecular formula is C29H27FN4O5. The standard InChI is InChI=1S/C29H27FN4O5/c1-16-8-21-24(32(2)28(16)35)9-18(33-14-19(15-33)38-3)10-25(21)34-6-7-39-27-11-20(22(30)12-26(27)34)17-4-5-23(29(36)37)31-13-17/h4-5,8-13,19H,6-7,14-15H2,1-3H3,(H,36,37). The summed E-state index contributed by atoms with van der Waals surface area (Å²) in [5.41, 5.74) is 4.32. The molecule has 2 aromatic carbocycles. The quantitative estimate of drug-likeness (QED) is 0.412. The summed E-state index contributed by atoms with van der Waals surface area (Å²) in [5, 5.41) is 10.0. The minimum absolute atomic E-state index is 0.0652. The number of aromatic nitrogens is 2. The Morgan fingerprint density at radius 1 is 1.15 bits per heavy atom. The van der Waals surface area contributed by atoms with Crippen molar-refractivity contribution >= 4 is 33.9 Å². The zero-order valence-corrected chi connectivity index (χ0v) is 21.8. The molecule has 4 heterocycles. The Balaban J connectivity index is 1.48. The summed E-state index contributed by atoms with van der Waals surface area (Å²) in [5.74, 6) is -1.13. The third-order valence-corrected chi connectivity index (χ3v) is 7.53. The summed E-state index contributed by atoms with van der Waals surface area (Å²) < 4.78 is 28.6. The number of methoxy groups -OCH3 is 1. The van der Waals surface area contributed by atoms with Crippen LogP contribution < -0.4 is 20.1 Å². The molecule has 1 fully saturated rings. The van der Waals surface area contributed by atoms with Gasteiger partial charge in [-0.25, -0.2) is 14.2 Å². The molecule has 0 saturated carbocycles. The number of anilines is 3. The molecule has 0 amide bonds. The van der Waals surface area contributed by atoms with Crippen LogP contribution in [-0.2, 0) is 11.8 Å². The highest BCUT2D eigenvalue weighted by Gasteiger charge is 2.30. The monoisotopic (exact) mass is 530 g/mol. The Morgan fingerprint density at radius 2 is 1.95 bits per heavy atom. The highest BCUT2D eigenvalue weighted by Crippen LogP contribution is 2.44. The van der Waals surface area contributed by atoms with Crippen molar-refractivity contribution in [1.29, 1.82) is 0 Å². The molecule has 2 aliphatic heterocycles. The summed E-state index contributed by atoms with van der Waals surface area (Å²) in [6.07, 6.45) is 1.50. The average Bonchev–Trinajstić information content (AvgIpc) is 2.90. The van der Waals surface area contributed by atoms with E-state index in [-0.39, 0.29) is 22.9 Å². The Labute approximate surface area is 223 Å². The molecule has 0 bridgehead atoms. The van der Waals surface area contributed by atoms with Gasteiger partial charge < -0.3 is 28.9 Å². The minimum atomic E-state index is -1.15. The third-order valence-electron chi connectivity index (χ3n) is 7.53. The van der Waals surface area contributed by atoms with Gasteiger partial charge in [-0.15, -0.1) is 0 Å². The number of carbonyl (C=O) groups is 1. The van der Waals surface area contributed by atoms with E-state index in [1.54, 1.807) is 31.7 Å². The summed E-state index contributed by atoms with van der Waals surface area (Å²) >= 11 is 0. The number of pyridine rings is 2. The van der Waals surface area contributed by atoms with Gasteiger partial charge in [0, 0.05) is 67.3 Å². The number of hydrogen-bond acceptors (Lipinski definition) is 7. The zero-order chi connectivity index (χ0) is 27.4. The maximum atomic E-state index is 15.6. The molecule has 6 rings (SSSR count). The number of aromatic carboxylic acids is 1. The maximum Gasteiger partial charge on any atom is 0.354 e. The molecule has 0 spiro atoms. The van der Waals surface area contributed by atoms with Crippen LogP contribution in [0.5, 0.6) is 5.75 Å². The number of fused-ring (bicyclic) bond motifs is 2. The zero-order valence-electron chi connectivity index (χ0n) is 21.8. The van der Waals surface area contributed by atoms with Crippen molar-refractivity contribution in [2.24, 2.45) is 7.05 Å². The molecule has 4 aromatic rings. The number of hydrogen-bond donors (Lipinski definition) is 1. The Bertz CT molecular complexity index is 1680.